The van der Waals surface area contributed by atoms with Crippen LogP contribution in [-0.4, -0.2) is 6.61 Å². The average Bonchev–Trinajstić information content (AvgIpc) is 3.01. The van der Waals surface area contributed by atoms with Gasteiger partial charge >= 0.3 is 0 Å². The maximum absolute atomic E-state index is 15.7. The number of hydrogen-bond acceptors (Lipinski definition) is 1. The molecular weight excluding hydrogens is 510 g/mol. The Bertz CT molecular complexity index is 1250. The third kappa shape index (κ3) is 6.87. The fourth-order valence-corrected chi connectivity index (χ4v) is 6.79. The number of rotatable bonds is 12. The predicted molar refractivity (Wildman–Crippen MR) is 170 cm³/mol. The minimum atomic E-state index is -0.788. The van der Waals surface area contributed by atoms with Crippen molar-refractivity contribution in [2.45, 2.75) is 112 Å². The summed E-state index contributed by atoms with van der Waals surface area (Å²) in [5.41, 5.74) is 5.76. The molecule has 1 fully saturated rings. The van der Waals surface area contributed by atoms with Crippen LogP contribution in [0.25, 0.3) is 22.3 Å². The van der Waals surface area contributed by atoms with Crippen LogP contribution < -0.4 is 4.74 Å². The first-order valence-corrected chi connectivity index (χ1v) is 16.2. The van der Waals surface area contributed by atoms with Crippen LogP contribution in [-0.2, 0) is 12.8 Å². The fourth-order valence-electron chi connectivity index (χ4n) is 6.79. The van der Waals surface area contributed by atoms with Crippen LogP contribution in [0.2, 0.25) is 0 Å². The lowest BCUT2D eigenvalue weighted by Gasteiger charge is -2.30. The highest BCUT2D eigenvalue weighted by Gasteiger charge is 2.25. The van der Waals surface area contributed by atoms with Crippen molar-refractivity contribution in [3.8, 4) is 28.0 Å². The standard InChI is InChI=1S/C38H50F2O/c1-7-27-24-32(25-28(8-2)37(27)41-23-22-38(9-3,10-4)11-5)34-21-20-33(35(39)36(34)40)31-18-16-30(17-19-31)29-14-12-26(6)13-15-29/h16-21,24-26,29H,7-15,22-23H2,1-6H3. The Hall–Kier alpha value is -2.68. The Morgan fingerprint density at radius 1 is 0.707 bits per heavy atom. The minimum Gasteiger partial charge on any atom is -0.493 e. The van der Waals surface area contributed by atoms with Crippen molar-refractivity contribution < 1.29 is 13.5 Å². The maximum atomic E-state index is 15.7. The number of halogens is 2. The molecule has 0 spiro atoms. The molecule has 0 aromatic heterocycles. The van der Waals surface area contributed by atoms with Gasteiger partial charge in [-0.2, -0.15) is 0 Å². The highest BCUT2D eigenvalue weighted by atomic mass is 19.2. The lowest BCUT2D eigenvalue weighted by molar-refractivity contribution is 0.172. The molecule has 0 amide bonds. The Labute approximate surface area is 247 Å². The van der Waals surface area contributed by atoms with E-state index in [0.29, 0.717) is 34.6 Å². The molecule has 3 aromatic rings. The van der Waals surface area contributed by atoms with Crippen molar-refractivity contribution >= 4 is 0 Å². The van der Waals surface area contributed by atoms with E-state index < -0.39 is 11.6 Å². The summed E-state index contributed by atoms with van der Waals surface area (Å²) in [6, 6.07) is 15.5. The van der Waals surface area contributed by atoms with E-state index in [1.807, 2.05) is 24.3 Å². The van der Waals surface area contributed by atoms with Crippen molar-refractivity contribution in [1.29, 1.82) is 0 Å². The highest BCUT2D eigenvalue weighted by molar-refractivity contribution is 5.73. The van der Waals surface area contributed by atoms with Gasteiger partial charge in [0.2, 0.25) is 0 Å². The number of aryl methyl sites for hydroxylation is 2. The topological polar surface area (TPSA) is 9.23 Å². The molecule has 3 heteroatoms. The van der Waals surface area contributed by atoms with Gasteiger partial charge in [0.05, 0.1) is 6.61 Å². The molecule has 0 unspecified atom stereocenters. The third-order valence-electron chi connectivity index (χ3n) is 10.2. The normalized spacial score (nSPS) is 17.6. The summed E-state index contributed by atoms with van der Waals surface area (Å²) in [7, 11) is 0. The van der Waals surface area contributed by atoms with Crippen molar-refractivity contribution in [3.63, 3.8) is 0 Å². The summed E-state index contributed by atoms with van der Waals surface area (Å²) >= 11 is 0. The van der Waals surface area contributed by atoms with Gasteiger partial charge in [-0.3, -0.25) is 0 Å². The van der Waals surface area contributed by atoms with Gasteiger partial charge in [0.1, 0.15) is 5.75 Å². The summed E-state index contributed by atoms with van der Waals surface area (Å²) in [4.78, 5) is 0. The van der Waals surface area contributed by atoms with E-state index >= 15 is 8.78 Å². The molecule has 0 saturated heterocycles. The SMILES string of the molecule is CCc1cc(-c2ccc(-c3ccc(C4CCC(C)CC4)cc3)c(F)c2F)cc(CC)c1OCCC(CC)(CC)CC. The second kappa shape index (κ2) is 14.0. The summed E-state index contributed by atoms with van der Waals surface area (Å²) in [6.07, 6.45) is 10.9. The molecule has 41 heavy (non-hydrogen) atoms. The molecule has 4 rings (SSSR count). The molecule has 0 radical (unpaired) electrons. The van der Waals surface area contributed by atoms with Crippen LogP contribution in [0.4, 0.5) is 8.78 Å². The largest absolute Gasteiger partial charge is 0.493 e. The molecule has 1 nitrogen and oxygen atoms in total. The zero-order valence-corrected chi connectivity index (χ0v) is 26.2. The Morgan fingerprint density at radius 3 is 1.71 bits per heavy atom. The minimum absolute atomic E-state index is 0.303. The van der Waals surface area contributed by atoms with Crippen molar-refractivity contribution in [2.75, 3.05) is 6.61 Å². The van der Waals surface area contributed by atoms with E-state index in [1.165, 1.54) is 31.2 Å². The van der Waals surface area contributed by atoms with E-state index in [1.54, 1.807) is 12.1 Å². The zero-order chi connectivity index (χ0) is 29.6. The molecule has 222 valence electrons. The van der Waals surface area contributed by atoms with Crippen LogP contribution >= 0.6 is 0 Å². The molecule has 0 heterocycles. The van der Waals surface area contributed by atoms with Gasteiger partial charge in [-0.1, -0.05) is 110 Å². The van der Waals surface area contributed by atoms with Gasteiger partial charge < -0.3 is 4.74 Å². The van der Waals surface area contributed by atoms with Gasteiger partial charge in [0.25, 0.3) is 0 Å². The van der Waals surface area contributed by atoms with Crippen LogP contribution in [0.5, 0.6) is 5.75 Å². The van der Waals surface area contributed by atoms with Crippen molar-refractivity contribution in [1.82, 2.24) is 0 Å². The quantitative estimate of drug-likeness (QED) is 0.214. The van der Waals surface area contributed by atoms with Crippen molar-refractivity contribution in [2.24, 2.45) is 11.3 Å². The molecule has 1 saturated carbocycles. The first kappa shape index (κ1) is 31.3. The van der Waals surface area contributed by atoms with Crippen LogP contribution in [0, 0.1) is 23.0 Å². The van der Waals surface area contributed by atoms with Gasteiger partial charge in [0, 0.05) is 11.1 Å². The van der Waals surface area contributed by atoms with Crippen LogP contribution in [0.3, 0.4) is 0 Å². The summed E-state index contributed by atoms with van der Waals surface area (Å²) < 4.78 is 37.6. The number of benzene rings is 3. The molecule has 1 aliphatic rings. The van der Waals surface area contributed by atoms with Crippen LogP contribution in [0.1, 0.15) is 116 Å². The van der Waals surface area contributed by atoms with E-state index in [0.717, 1.165) is 66.9 Å². The van der Waals surface area contributed by atoms with Gasteiger partial charge in [-0.05, 0) is 89.3 Å². The lowest BCUT2D eigenvalue weighted by Crippen LogP contribution is -2.21. The maximum Gasteiger partial charge on any atom is 0.167 e. The van der Waals surface area contributed by atoms with E-state index in [-0.39, 0.29) is 0 Å². The number of hydrogen-bond donors (Lipinski definition) is 0. The summed E-state index contributed by atoms with van der Waals surface area (Å²) in [5.74, 6) is 0.724. The van der Waals surface area contributed by atoms with Crippen LogP contribution in [0.15, 0.2) is 48.5 Å². The molecule has 0 aliphatic heterocycles. The fraction of sp³-hybridized carbons (Fsp3) is 0.526. The third-order valence-corrected chi connectivity index (χ3v) is 10.2. The zero-order valence-electron chi connectivity index (χ0n) is 26.2. The monoisotopic (exact) mass is 560 g/mol. The summed E-state index contributed by atoms with van der Waals surface area (Å²) in [5, 5.41) is 0. The van der Waals surface area contributed by atoms with E-state index in [9.17, 15) is 0 Å². The Balaban J connectivity index is 1.58. The number of ether oxygens (including phenoxy) is 1. The first-order chi connectivity index (χ1) is 19.8. The Morgan fingerprint density at radius 2 is 1.22 bits per heavy atom. The van der Waals surface area contributed by atoms with E-state index in [2.05, 4.69) is 53.7 Å². The molecule has 0 N–H and O–H groups in total. The first-order valence-electron chi connectivity index (χ1n) is 16.2. The molecule has 0 bridgehead atoms. The molecule has 3 aromatic carbocycles. The highest BCUT2D eigenvalue weighted by Crippen LogP contribution is 2.39. The predicted octanol–water partition coefficient (Wildman–Crippen LogP) is 11.7. The summed E-state index contributed by atoms with van der Waals surface area (Å²) in [6.45, 7) is 14.0. The average molecular weight is 561 g/mol. The van der Waals surface area contributed by atoms with Crippen molar-refractivity contribution in [3.05, 3.63) is 76.9 Å². The van der Waals surface area contributed by atoms with Gasteiger partial charge in [-0.25, -0.2) is 8.78 Å². The van der Waals surface area contributed by atoms with Gasteiger partial charge in [-0.15, -0.1) is 0 Å². The Kier molecular flexibility index (Phi) is 10.7. The molecular formula is C38H50F2O. The van der Waals surface area contributed by atoms with Gasteiger partial charge in [0.15, 0.2) is 11.6 Å². The second-order valence-electron chi connectivity index (χ2n) is 12.4. The molecule has 0 atom stereocenters. The van der Waals surface area contributed by atoms with E-state index in [4.69, 9.17) is 4.74 Å². The molecule has 1 aliphatic carbocycles. The smallest absolute Gasteiger partial charge is 0.167 e. The lowest BCUT2D eigenvalue weighted by atomic mass is 9.77. The second-order valence-corrected chi connectivity index (χ2v) is 12.4.